The number of aromatic carboxylic acids is 1. The number of hydrogen-bond acceptors (Lipinski definition) is 6. The third-order valence-electron chi connectivity index (χ3n) is 6.32. The smallest absolute Gasteiger partial charge is 0.335 e. The maximum absolute atomic E-state index is 11.1. The van der Waals surface area contributed by atoms with Gasteiger partial charge in [-0.25, -0.2) is 14.8 Å². The molecule has 4 rings (SSSR count). The Kier molecular flexibility index (Phi) is 6.24. The number of nitrogens with one attached hydrogen (secondary N) is 1. The Morgan fingerprint density at radius 1 is 1.15 bits per heavy atom. The average molecular weight is 480 g/mol. The molecular weight excluding hydrogens is 450 g/mol. The fraction of sp³-hybridized carbons (Fsp3) is 0.320. The van der Waals surface area contributed by atoms with Crippen LogP contribution >= 0.6 is 11.8 Å². The molecule has 2 N–H and O–H groups in total. The van der Waals surface area contributed by atoms with Crippen LogP contribution in [0, 0.1) is 0 Å². The molecule has 8 heteroatoms. The van der Waals surface area contributed by atoms with Gasteiger partial charge in [-0.1, -0.05) is 39.0 Å². The van der Waals surface area contributed by atoms with E-state index in [9.17, 15) is 4.79 Å². The van der Waals surface area contributed by atoms with Crippen molar-refractivity contribution in [1.82, 2.24) is 9.97 Å². The molecule has 1 atom stereocenters. The standard InChI is InChI=1S/C25H29N3O3SSi/c1-25(2,3)33(4,5)31-19-8-6-7-18(13-19)28-23-22-20(26-15-27-23)14-21(32-22)16-9-11-17(12-10-16)24(29)30/h6-13,15,21H,14H2,1-5H3,(H,29,30)(H,26,27,28). The molecule has 2 heterocycles. The molecule has 6 nitrogen and oxygen atoms in total. The molecular formula is C25H29N3O3SSi. The number of carboxylic acids is 1. The van der Waals surface area contributed by atoms with Crippen LogP contribution < -0.4 is 9.74 Å². The predicted molar refractivity (Wildman–Crippen MR) is 135 cm³/mol. The van der Waals surface area contributed by atoms with E-state index in [2.05, 4.69) is 49.1 Å². The van der Waals surface area contributed by atoms with Crippen molar-refractivity contribution in [1.29, 1.82) is 0 Å². The quantitative estimate of drug-likeness (QED) is 0.381. The summed E-state index contributed by atoms with van der Waals surface area (Å²) in [5.41, 5.74) is 3.29. The first kappa shape index (κ1) is 23.3. The number of aromatic nitrogens is 2. The molecule has 0 amide bonds. The number of hydrogen-bond donors (Lipinski definition) is 2. The average Bonchev–Trinajstić information content (AvgIpc) is 3.18. The van der Waals surface area contributed by atoms with E-state index in [1.165, 1.54) is 0 Å². The van der Waals surface area contributed by atoms with Crippen molar-refractivity contribution < 1.29 is 14.3 Å². The highest BCUT2D eigenvalue weighted by molar-refractivity contribution is 8.00. The zero-order valence-electron chi connectivity index (χ0n) is 19.5. The van der Waals surface area contributed by atoms with Crippen LogP contribution in [0.4, 0.5) is 11.5 Å². The number of carboxylic acid groups (broad SMARTS) is 1. The van der Waals surface area contributed by atoms with Crippen LogP contribution in [0.5, 0.6) is 5.75 Å². The van der Waals surface area contributed by atoms with E-state index < -0.39 is 14.3 Å². The van der Waals surface area contributed by atoms with Gasteiger partial charge in [0.15, 0.2) is 0 Å². The summed E-state index contributed by atoms with van der Waals surface area (Å²) in [6.45, 7) is 11.2. The van der Waals surface area contributed by atoms with Gasteiger partial charge in [-0.3, -0.25) is 0 Å². The van der Waals surface area contributed by atoms with E-state index in [0.29, 0.717) is 5.56 Å². The maximum Gasteiger partial charge on any atom is 0.335 e. The van der Waals surface area contributed by atoms with Crippen molar-refractivity contribution in [3.63, 3.8) is 0 Å². The van der Waals surface area contributed by atoms with E-state index in [0.717, 1.165) is 39.8 Å². The van der Waals surface area contributed by atoms with Crippen LogP contribution in [-0.4, -0.2) is 29.4 Å². The van der Waals surface area contributed by atoms with Gasteiger partial charge in [0.25, 0.3) is 0 Å². The highest BCUT2D eigenvalue weighted by Gasteiger charge is 2.39. The summed E-state index contributed by atoms with van der Waals surface area (Å²) in [5.74, 6) is 0.724. The molecule has 33 heavy (non-hydrogen) atoms. The van der Waals surface area contributed by atoms with E-state index in [1.54, 1.807) is 30.2 Å². The zero-order chi connectivity index (χ0) is 23.8. The number of nitrogens with zero attached hydrogens (tertiary/aromatic N) is 2. The van der Waals surface area contributed by atoms with Crippen LogP contribution in [0.3, 0.4) is 0 Å². The minimum absolute atomic E-state index is 0.123. The Labute approximate surface area is 200 Å². The number of fused-ring (bicyclic) bond motifs is 1. The third-order valence-corrected chi connectivity index (χ3v) is 12.1. The molecule has 2 aromatic carbocycles. The first-order valence-electron chi connectivity index (χ1n) is 10.9. The third kappa shape index (κ3) is 5.07. The number of rotatable bonds is 6. The zero-order valence-corrected chi connectivity index (χ0v) is 21.4. The molecule has 0 fully saturated rings. The first-order chi connectivity index (χ1) is 15.5. The van der Waals surface area contributed by atoms with Gasteiger partial charge in [-0.2, -0.15) is 0 Å². The van der Waals surface area contributed by atoms with Gasteiger partial charge in [0.1, 0.15) is 17.9 Å². The van der Waals surface area contributed by atoms with Crippen molar-refractivity contribution in [2.75, 3.05) is 5.32 Å². The molecule has 0 radical (unpaired) electrons. The van der Waals surface area contributed by atoms with Gasteiger partial charge in [0.05, 0.1) is 16.2 Å². The fourth-order valence-electron chi connectivity index (χ4n) is 3.38. The largest absolute Gasteiger partial charge is 0.543 e. The molecule has 1 aliphatic heterocycles. The van der Waals surface area contributed by atoms with Crippen molar-refractivity contribution >= 4 is 37.6 Å². The number of carbonyl (C=O) groups is 1. The fourth-order valence-corrected chi connectivity index (χ4v) is 5.70. The van der Waals surface area contributed by atoms with Crippen LogP contribution in [-0.2, 0) is 6.42 Å². The van der Waals surface area contributed by atoms with Gasteiger partial charge in [0.2, 0.25) is 8.32 Å². The van der Waals surface area contributed by atoms with Gasteiger partial charge in [0, 0.05) is 23.4 Å². The van der Waals surface area contributed by atoms with Gasteiger partial charge < -0.3 is 14.8 Å². The molecule has 172 valence electrons. The lowest BCUT2D eigenvalue weighted by Gasteiger charge is -2.36. The summed E-state index contributed by atoms with van der Waals surface area (Å²) in [5, 5.41) is 12.9. The molecule has 0 bridgehead atoms. The summed E-state index contributed by atoms with van der Waals surface area (Å²) in [4.78, 5) is 21.2. The molecule has 0 saturated carbocycles. The molecule has 0 spiro atoms. The van der Waals surface area contributed by atoms with Gasteiger partial charge >= 0.3 is 5.97 Å². The van der Waals surface area contributed by atoms with Gasteiger partial charge in [-0.05, 0) is 48.0 Å². The van der Waals surface area contributed by atoms with Crippen molar-refractivity contribution in [2.45, 2.75) is 55.5 Å². The summed E-state index contributed by atoms with van der Waals surface area (Å²) in [7, 11) is -1.93. The summed E-state index contributed by atoms with van der Waals surface area (Å²) >= 11 is 1.71. The monoisotopic (exact) mass is 479 g/mol. The van der Waals surface area contributed by atoms with Crippen molar-refractivity contribution in [2.24, 2.45) is 0 Å². The molecule has 3 aromatic rings. The second-order valence-electron chi connectivity index (χ2n) is 9.75. The summed E-state index contributed by atoms with van der Waals surface area (Å²) in [6.07, 6.45) is 2.37. The van der Waals surface area contributed by atoms with Crippen LogP contribution in [0.15, 0.2) is 59.8 Å². The highest BCUT2D eigenvalue weighted by Crippen LogP contribution is 2.48. The number of benzene rings is 2. The predicted octanol–water partition coefficient (Wildman–Crippen LogP) is 6.69. The van der Waals surface area contributed by atoms with Crippen molar-refractivity contribution in [3.05, 3.63) is 71.7 Å². The lowest BCUT2D eigenvalue weighted by Crippen LogP contribution is -2.43. The molecule has 1 aromatic heterocycles. The van der Waals surface area contributed by atoms with Crippen molar-refractivity contribution in [3.8, 4) is 5.75 Å². The van der Waals surface area contributed by atoms with E-state index in [-0.39, 0.29) is 10.3 Å². The first-order valence-corrected chi connectivity index (χ1v) is 14.7. The van der Waals surface area contributed by atoms with Crippen LogP contribution in [0.1, 0.15) is 47.6 Å². The lowest BCUT2D eigenvalue weighted by molar-refractivity contribution is 0.0697. The second-order valence-corrected chi connectivity index (χ2v) is 15.7. The van der Waals surface area contributed by atoms with Gasteiger partial charge in [-0.15, -0.1) is 11.8 Å². The SMILES string of the molecule is CC(C)(C)[Si](C)(C)Oc1cccc(Nc2ncnc3c2SC(c2ccc(C(=O)O)cc2)C3)c1. The molecule has 0 saturated heterocycles. The topological polar surface area (TPSA) is 84.3 Å². The normalized spacial score (nSPS) is 15.7. The number of thioether (sulfide) groups is 1. The Morgan fingerprint density at radius 3 is 2.55 bits per heavy atom. The maximum atomic E-state index is 11.1. The van der Waals surface area contributed by atoms with E-state index in [1.807, 2.05) is 36.4 Å². The van der Waals surface area contributed by atoms with Crippen LogP contribution in [0.25, 0.3) is 0 Å². The minimum atomic E-state index is -1.93. The Balaban J connectivity index is 1.52. The summed E-state index contributed by atoms with van der Waals surface area (Å²) in [6, 6.07) is 15.1. The Morgan fingerprint density at radius 2 is 1.88 bits per heavy atom. The summed E-state index contributed by atoms with van der Waals surface area (Å²) < 4.78 is 6.46. The molecule has 0 aliphatic carbocycles. The molecule has 1 unspecified atom stereocenters. The minimum Gasteiger partial charge on any atom is -0.543 e. The lowest BCUT2D eigenvalue weighted by atomic mass is 10.1. The Bertz CT molecular complexity index is 1180. The van der Waals surface area contributed by atoms with Crippen LogP contribution in [0.2, 0.25) is 18.1 Å². The van der Waals surface area contributed by atoms with E-state index in [4.69, 9.17) is 9.53 Å². The molecule has 1 aliphatic rings. The second kappa shape index (κ2) is 8.83. The number of anilines is 2. The van der Waals surface area contributed by atoms with E-state index >= 15 is 0 Å². The Hall–Kier alpha value is -2.84. The highest BCUT2D eigenvalue weighted by atomic mass is 32.2.